The minimum absolute atomic E-state index is 0. The van der Waals surface area contributed by atoms with Crippen LogP contribution in [-0.2, 0) is 19.6 Å². The molecule has 1 unspecified atom stereocenters. The van der Waals surface area contributed by atoms with Crippen molar-refractivity contribution < 1.29 is 53.5 Å². The molecule has 0 aromatic carbocycles. The predicted molar refractivity (Wildman–Crippen MR) is 51.6 cm³/mol. The van der Waals surface area contributed by atoms with Gasteiger partial charge >= 0.3 is 35.5 Å². The minimum Gasteiger partial charge on any atom is -1.00 e. The molecule has 0 heterocycles. The molecule has 0 aromatic heterocycles. The van der Waals surface area contributed by atoms with E-state index in [1.807, 2.05) is 0 Å². The maximum atomic E-state index is 10.8. The normalized spacial score (nSPS) is 12.8. The van der Waals surface area contributed by atoms with E-state index in [4.69, 9.17) is 4.55 Å². The largest absolute Gasteiger partial charge is 1.00 e. The van der Waals surface area contributed by atoms with Crippen LogP contribution in [-0.4, -0.2) is 36.5 Å². The third-order valence-electron chi connectivity index (χ3n) is 1.13. The van der Waals surface area contributed by atoms with Gasteiger partial charge in [-0.25, -0.2) is 0 Å². The molecule has 0 radical (unpaired) electrons. The van der Waals surface area contributed by atoms with Crippen LogP contribution in [0.4, 0.5) is 0 Å². The Balaban J connectivity index is -0.000000720. The van der Waals surface area contributed by atoms with Crippen molar-refractivity contribution in [2.24, 2.45) is 0 Å². The molecule has 0 aromatic rings. The van der Waals surface area contributed by atoms with Crippen LogP contribution in [0.3, 0.4) is 0 Å². The van der Waals surface area contributed by atoms with Crippen LogP contribution in [0.1, 0.15) is 14.8 Å². The maximum absolute atomic E-state index is 10.8. The molecule has 14 heavy (non-hydrogen) atoms. The molecule has 80 valence electrons. The van der Waals surface area contributed by atoms with Crippen molar-refractivity contribution in [3.05, 3.63) is 0 Å². The summed E-state index contributed by atoms with van der Waals surface area (Å²) < 4.78 is 33.3. The molecule has 1 N–H and O–H groups in total. The van der Waals surface area contributed by atoms with Gasteiger partial charge in [0.15, 0.2) is 0 Å². The van der Waals surface area contributed by atoms with Gasteiger partial charge < -0.3 is 6.16 Å². The van der Waals surface area contributed by atoms with E-state index in [2.05, 4.69) is 17.4 Å². The Morgan fingerprint density at radius 2 is 2.14 bits per heavy atom. The zero-order chi connectivity index (χ0) is 10.5. The van der Waals surface area contributed by atoms with Crippen LogP contribution >= 0.6 is 12.6 Å². The van der Waals surface area contributed by atoms with E-state index in [-0.39, 0.29) is 44.0 Å². The first-order valence-electron chi connectivity index (χ1n) is 3.63. The summed E-state index contributed by atoms with van der Waals surface area (Å²) in [6.45, 7) is 1.53. The van der Waals surface area contributed by atoms with Gasteiger partial charge in [0.05, 0.1) is 17.6 Å². The van der Waals surface area contributed by atoms with Crippen LogP contribution in [0.2, 0.25) is 0 Å². The fourth-order valence-corrected chi connectivity index (χ4v) is 1.09. The summed E-state index contributed by atoms with van der Waals surface area (Å²) in [4.78, 5) is 10.8. The van der Waals surface area contributed by atoms with Crippen LogP contribution in [0.15, 0.2) is 0 Å². The van der Waals surface area contributed by atoms with Crippen LogP contribution in [0, 0.1) is 0 Å². The SMILES string of the molecule is CC(S)C(=O)OCCCS(=O)(=O)O.[H-].[Na+]. The Bertz CT molecular complexity index is 267. The molecule has 5 nitrogen and oxygen atoms in total. The Morgan fingerprint density at radius 1 is 1.64 bits per heavy atom. The monoisotopic (exact) mass is 252 g/mol. The second kappa shape index (κ2) is 7.95. The Kier molecular flexibility index (Phi) is 9.73. The van der Waals surface area contributed by atoms with Crippen molar-refractivity contribution in [3.63, 3.8) is 0 Å². The Morgan fingerprint density at radius 3 is 2.50 bits per heavy atom. The maximum Gasteiger partial charge on any atom is 1.00 e. The van der Waals surface area contributed by atoms with Gasteiger partial charge in [-0.15, -0.1) is 0 Å². The molecule has 0 saturated carbocycles. The summed E-state index contributed by atoms with van der Waals surface area (Å²) in [5.74, 6) is -0.903. The molecule has 0 bridgehead atoms. The Hall–Kier alpha value is 0.730. The summed E-state index contributed by atoms with van der Waals surface area (Å²) in [6.07, 6.45) is 0.0884. The second-order valence-corrected chi connectivity index (χ2v) is 4.83. The topological polar surface area (TPSA) is 80.7 Å². The molecular weight excluding hydrogens is 239 g/mol. The summed E-state index contributed by atoms with van der Waals surface area (Å²) >= 11 is 3.81. The Labute approximate surface area is 113 Å². The number of thiol groups is 1. The zero-order valence-corrected chi connectivity index (χ0v) is 11.8. The number of rotatable bonds is 5. The molecule has 0 aliphatic carbocycles. The fourth-order valence-electron chi connectivity index (χ4n) is 0.535. The summed E-state index contributed by atoms with van der Waals surface area (Å²) in [7, 11) is -3.95. The smallest absolute Gasteiger partial charge is 1.00 e. The van der Waals surface area contributed by atoms with Crippen molar-refractivity contribution in [1.29, 1.82) is 0 Å². The molecule has 0 spiro atoms. The van der Waals surface area contributed by atoms with Crippen LogP contribution in [0.25, 0.3) is 0 Å². The first-order valence-corrected chi connectivity index (χ1v) is 5.75. The fraction of sp³-hybridized carbons (Fsp3) is 0.833. The molecular formula is C6H13NaO5S2. The molecule has 0 aliphatic heterocycles. The van der Waals surface area contributed by atoms with Gasteiger partial charge in [-0.2, -0.15) is 21.0 Å². The molecule has 0 amide bonds. The number of carbonyl (C=O) groups excluding carboxylic acids is 1. The van der Waals surface area contributed by atoms with Crippen LogP contribution < -0.4 is 29.6 Å². The van der Waals surface area contributed by atoms with Gasteiger partial charge in [0.25, 0.3) is 10.1 Å². The van der Waals surface area contributed by atoms with Crippen LogP contribution in [0.5, 0.6) is 0 Å². The third-order valence-corrected chi connectivity index (χ3v) is 2.15. The van der Waals surface area contributed by atoms with Gasteiger partial charge in [-0.05, 0) is 13.3 Å². The van der Waals surface area contributed by atoms with Crippen molar-refractivity contribution in [2.45, 2.75) is 18.6 Å². The summed E-state index contributed by atoms with van der Waals surface area (Å²) in [5, 5.41) is -0.522. The quantitative estimate of drug-likeness (QED) is 0.182. The third kappa shape index (κ3) is 10.8. The van der Waals surface area contributed by atoms with Crippen molar-refractivity contribution in [2.75, 3.05) is 12.4 Å². The molecule has 1 atom stereocenters. The van der Waals surface area contributed by atoms with Gasteiger partial charge in [0.1, 0.15) is 0 Å². The van der Waals surface area contributed by atoms with E-state index in [0.29, 0.717) is 0 Å². The molecule has 0 saturated heterocycles. The number of hydrogen-bond donors (Lipinski definition) is 2. The van der Waals surface area contributed by atoms with E-state index in [9.17, 15) is 13.2 Å². The molecule has 0 aliphatic rings. The second-order valence-electron chi connectivity index (χ2n) is 2.48. The molecule has 0 fully saturated rings. The van der Waals surface area contributed by atoms with E-state index >= 15 is 0 Å². The predicted octanol–water partition coefficient (Wildman–Crippen LogP) is -2.76. The molecule has 0 rings (SSSR count). The van der Waals surface area contributed by atoms with E-state index in [1.165, 1.54) is 0 Å². The first-order chi connectivity index (χ1) is 5.83. The van der Waals surface area contributed by atoms with Gasteiger partial charge in [-0.1, -0.05) is 0 Å². The van der Waals surface area contributed by atoms with Crippen molar-refractivity contribution in [3.8, 4) is 0 Å². The van der Waals surface area contributed by atoms with Crippen molar-refractivity contribution >= 4 is 28.7 Å². The van der Waals surface area contributed by atoms with E-state index in [1.54, 1.807) is 6.92 Å². The average Bonchev–Trinajstić information content (AvgIpc) is 1.95. The zero-order valence-electron chi connectivity index (χ0n) is 9.13. The number of hydrogen-bond acceptors (Lipinski definition) is 5. The average molecular weight is 252 g/mol. The molecule has 8 heteroatoms. The first kappa shape index (κ1) is 17.1. The number of esters is 1. The minimum atomic E-state index is -3.95. The standard InChI is InChI=1S/C6H12O5S2.Na.H/c1-5(12)6(7)11-3-2-4-13(8,9)10;;/h5,12H,2-4H2,1H3,(H,8,9,10);;/q;+1;-1. The van der Waals surface area contributed by atoms with E-state index < -0.39 is 27.1 Å². The van der Waals surface area contributed by atoms with E-state index in [0.717, 1.165) is 0 Å². The van der Waals surface area contributed by atoms with Gasteiger partial charge in [0.2, 0.25) is 0 Å². The van der Waals surface area contributed by atoms with Gasteiger partial charge in [-0.3, -0.25) is 9.35 Å². The number of ether oxygens (including phenoxy) is 1. The number of carbonyl (C=O) groups is 1. The summed E-state index contributed by atoms with van der Waals surface area (Å²) in [6, 6.07) is 0. The van der Waals surface area contributed by atoms with Crippen molar-refractivity contribution in [1.82, 2.24) is 0 Å². The summed E-state index contributed by atoms with van der Waals surface area (Å²) in [5.41, 5.74) is 0. The van der Waals surface area contributed by atoms with Gasteiger partial charge in [0, 0.05) is 0 Å².